The van der Waals surface area contributed by atoms with Gasteiger partial charge >= 0.3 is 0 Å². The van der Waals surface area contributed by atoms with Crippen molar-refractivity contribution in [2.45, 2.75) is 31.1 Å². The summed E-state index contributed by atoms with van der Waals surface area (Å²) < 4.78 is 0. The van der Waals surface area contributed by atoms with Gasteiger partial charge in [-0.15, -0.1) is 0 Å². The molecule has 0 bridgehead atoms. The van der Waals surface area contributed by atoms with Crippen molar-refractivity contribution in [1.29, 1.82) is 0 Å². The third kappa shape index (κ3) is 2.26. The van der Waals surface area contributed by atoms with Crippen LogP contribution in [-0.4, -0.2) is 17.8 Å². The zero-order chi connectivity index (χ0) is 14.9. The van der Waals surface area contributed by atoms with Crippen molar-refractivity contribution in [3.63, 3.8) is 0 Å². The smallest absolute Gasteiger partial charge is 0.150 e. The molecule has 0 spiro atoms. The summed E-state index contributed by atoms with van der Waals surface area (Å²) in [4.78, 5) is 13.4. The van der Waals surface area contributed by atoms with E-state index in [1.54, 1.807) is 0 Å². The number of carbonyl (C=O) groups is 1. The van der Waals surface area contributed by atoms with E-state index in [9.17, 15) is 4.79 Å². The van der Waals surface area contributed by atoms with Crippen LogP contribution in [0.5, 0.6) is 0 Å². The number of ketones is 1. The fraction of sp³-hybridized carbons (Fsp3) is 0.333. The minimum atomic E-state index is -0.633. The maximum Gasteiger partial charge on any atom is 0.150 e. The molecule has 1 saturated carbocycles. The Labute approximate surface area is 130 Å². The van der Waals surface area contributed by atoms with Gasteiger partial charge in [-0.25, -0.2) is 0 Å². The van der Waals surface area contributed by atoms with Gasteiger partial charge in [-0.1, -0.05) is 55.0 Å². The van der Waals surface area contributed by atoms with Crippen molar-refractivity contribution in [2.24, 2.45) is 0 Å². The summed E-state index contributed by atoms with van der Waals surface area (Å²) in [5.41, 5.74) is 0.400. The Bertz CT molecular complexity index is 699. The van der Waals surface area contributed by atoms with Gasteiger partial charge < -0.3 is 5.32 Å². The lowest BCUT2D eigenvalue weighted by molar-refractivity contribution is -0.123. The number of benzene rings is 2. The third-order valence-electron chi connectivity index (χ3n) is 4.54. The molecular formula is C18H19NOS. The van der Waals surface area contributed by atoms with E-state index < -0.39 is 5.41 Å². The van der Waals surface area contributed by atoms with Gasteiger partial charge in [0.25, 0.3) is 0 Å². The van der Waals surface area contributed by atoms with Crippen molar-refractivity contribution >= 4 is 33.8 Å². The van der Waals surface area contributed by atoms with E-state index in [-0.39, 0.29) is 5.78 Å². The van der Waals surface area contributed by atoms with Crippen molar-refractivity contribution in [1.82, 2.24) is 5.32 Å². The predicted molar refractivity (Wildman–Crippen MR) is 90.8 cm³/mol. The van der Waals surface area contributed by atoms with Crippen molar-refractivity contribution in [3.05, 3.63) is 48.0 Å². The van der Waals surface area contributed by atoms with Gasteiger partial charge in [-0.05, 0) is 35.2 Å². The molecule has 1 aliphatic carbocycles. The Morgan fingerprint density at radius 1 is 1.14 bits per heavy atom. The molecule has 1 atom stereocenters. The molecule has 2 nitrogen and oxygen atoms in total. The summed E-state index contributed by atoms with van der Waals surface area (Å²) in [6, 6.07) is 14.5. The molecule has 108 valence electrons. The number of Topliss-reactive ketones (excluding diaryl/α,β-unsaturated/α-hetero) is 1. The van der Waals surface area contributed by atoms with Crippen LogP contribution in [0, 0.1) is 0 Å². The first-order valence-electron chi connectivity index (χ1n) is 7.43. The molecule has 0 heterocycles. The number of likely N-dealkylation sites (N-methyl/N-ethyl adjacent to an activating group) is 1. The van der Waals surface area contributed by atoms with Gasteiger partial charge in [-0.2, -0.15) is 0 Å². The maximum absolute atomic E-state index is 12.7. The fourth-order valence-corrected chi connectivity index (χ4v) is 3.71. The molecule has 21 heavy (non-hydrogen) atoms. The fourth-order valence-electron chi connectivity index (χ4n) is 3.37. The molecule has 1 aliphatic rings. The molecule has 0 saturated heterocycles. The summed E-state index contributed by atoms with van der Waals surface area (Å²) in [5.74, 6) is 0.253. The van der Waals surface area contributed by atoms with E-state index >= 15 is 0 Å². The third-order valence-corrected chi connectivity index (χ3v) is 5.09. The van der Waals surface area contributed by atoms with E-state index in [2.05, 4.69) is 35.6 Å². The first-order chi connectivity index (χ1) is 10.2. The zero-order valence-electron chi connectivity index (χ0n) is 12.2. The Kier molecular flexibility index (Phi) is 3.77. The molecule has 0 amide bonds. The molecule has 2 aromatic carbocycles. The van der Waals surface area contributed by atoms with Crippen LogP contribution in [-0.2, 0) is 10.2 Å². The first-order valence-corrected chi connectivity index (χ1v) is 7.84. The monoisotopic (exact) mass is 297 g/mol. The SMILES string of the molecule is CNC(=S)C1(c2ccc3ccccc3c2)CCCCC1=O. The van der Waals surface area contributed by atoms with Gasteiger partial charge in [0.1, 0.15) is 11.2 Å². The van der Waals surface area contributed by atoms with Crippen molar-refractivity contribution < 1.29 is 4.79 Å². The van der Waals surface area contributed by atoms with Crippen LogP contribution in [0.15, 0.2) is 42.5 Å². The minimum Gasteiger partial charge on any atom is -0.382 e. The van der Waals surface area contributed by atoms with Gasteiger partial charge in [-0.3, -0.25) is 4.79 Å². The number of thiocarbonyl (C=S) groups is 1. The van der Waals surface area contributed by atoms with Crippen LogP contribution in [0.1, 0.15) is 31.2 Å². The van der Waals surface area contributed by atoms with E-state index in [0.717, 1.165) is 30.2 Å². The second-order valence-corrected chi connectivity index (χ2v) is 6.08. The highest BCUT2D eigenvalue weighted by molar-refractivity contribution is 7.80. The van der Waals surface area contributed by atoms with E-state index in [0.29, 0.717) is 11.4 Å². The Hall–Kier alpha value is -1.74. The van der Waals surface area contributed by atoms with Gasteiger partial charge in [0.2, 0.25) is 0 Å². The topological polar surface area (TPSA) is 29.1 Å². The van der Waals surface area contributed by atoms with Crippen LogP contribution in [0.4, 0.5) is 0 Å². The van der Waals surface area contributed by atoms with E-state index in [1.165, 1.54) is 5.39 Å². The largest absolute Gasteiger partial charge is 0.382 e. The first kappa shape index (κ1) is 14.2. The van der Waals surface area contributed by atoms with Crippen molar-refractivity contribution in [3.8, 4) is 0 Å². The van der Waals surface area contributed by atoms with Crippen LogP contribution in [0.3, 0.4) is 0 Å². The zero-order valence-corrected chi connectivity index (χ0v) is 13.0. The van der Waals surface area contributed by atoms with E-state index in [4.69, 9.17) is 12.2 Å². The number of hydrogen-bond acceptors (Lipinski definition) is 2. The highest BCUT2D eigenvalue weighted by Gasteiger charge is 2.44. The second kappa shape index (κ2) is 5.57. The summed E-state index contributed by atoms with van der Waals surface area (Å²) >= 11 is 5.54. The molecular weight excluding hydrogens is 278 g/mol. The molecule has 3 rings (SSSR count). The summed E-state index contributed by atoms with van der Waals surface area (Å²) in [5, 5.41) is 5.41. The lowest BCUT2D eigenvalue weighted by Crippen LogP contribution is -2.49. The number of fused-ring (bicyclic) bond motifs is 1. The Morgan fingerprint density at radius 3 is 2.62 bits per heavy atom. The molecule has 1 N–H and O–H groups in total. The lowest BCUT2D eigenvalue weighted by Gasteiger charge is -2.36. The number of hydrogen-bond donors (Lipinski definition) is 1. The molecule has 3 heteroatoms. The summed E-state index contributed by atoms with van der Waals surface area (Å²) in [7, 11) is 1.81. The van der Waals surface area contributed by atoms with Crippen molar-refractivity contribution in [2.75, 3.05) is 7.05 Å². The Morgan fingerprint density at radius 2 is 1.90 bits per heavy atom. The average molecular weight is 297 g/mol. The highest BCUT2D eigenvalue weighted by atomic mass is 32.1. The van der Waals surface area contributed by atoms with Crippen LogP contribution in [0.2, 0.25) is 0 Å². The molecule has 1 unspecified atom stereocenters. The molecule has 1 fully saturated rings. The maximum atomic E-state index is 12.7. The quantitative estimate of drug-likeness (QED) is 0.856. The molecule has 0 aliphatic heterocycles. The normalized spacial score (nSPS) is 22.2. The number of rotatable bonds is 2. The predicted octanol–water partition coefficient (Wildman–Crippen LogP) is 3.77. The average Bonchev–Trinajstić information content (AvgIpc) is 2.54. The van der Waals surface area contributed by atoms with Gasteiger partial charge in [0.15, 0.2) is 0 Å². The molecule has 0 aromatic heterocycles. The molecule has 0 radical (unpaired) electrons. The number of nitrogens with one attached hydrogen (secondary N) is 1. The van der Waals surface area contributed by atoms with Crippen LogP contribution in [0.25, 0.3) is 10.8 Å². The van der Waals surface area contributed by atoms with Crippen LogP contribution >= 0.6 is 12.2 Å². The minimum absolute atomic E-state index is 0.253. The molecule has 2 aromatic rings. The van der Waals surface area contributed by atoms with Gasteiger partial charge in [0, 0.05) is 13.5 Å². The lowest BCUT2D eigenvalue weighted by atomic mass is 9.68. The van der Waals surface area contributed by atoms with E-state index in [1.807, 2.05) is 19.2 Å². The summed E-state index contributed by atoms with van der Waals surface area (Å²) in [6.07, 6.45) is 3.44. The standard InChI is InChI=1S/C18H19NOS/c1-19-17(21)18(11-5-4-8-16(18)20)15-10-9-13-6-2-3-7-14(13)12-15/h2-3,6-7,9-10,12H,4-5,8,11H2,1H3,(H,19,21). The number of carbonyl (C=O) groups excluding carboxylic acids is 1. The Balaban J connectivity index is 2.18. The van der Waals surface area contributed by atoms with Crippen LogP contribution < -0.4 is 5.32 Å². The second-order valence-electron chi connectivity index (χ2n) is 5.68. The summed E-state index contributed by atoms with van der Waals surface area (Å²) in [6.45, 7) is 0. The van der Waals surface area contributed by atoms with Gasteiger partial charge in [0.05, 0.1) is 4.99 Å². The highest BCUT2D eigenvalue weighted by Crippen LogP contribution is 2.38.